The van der Waals surface area contributed by atoms with E-state index >= 15 is 0 Å². The Hall–Kier alpha value is -1.40. The van der Waals surface area contributed by atoms with Crippen molar-refractivity contribution in [2.75, 3.05) is 26.8 Å². The lowest BCUT2D eigenvalue weighted by atomic mass is 10.2. The van der Waals surface area contributed by atoms with Crippen LogP contribution in [0.5, 0.6) is 11.9 Å². The topological polar surface area (TPSA) is 65.5 Å². The molecule has 1 saturated heterocycles. The summed E-state index contributed by atoms with van der Waals surface area (Å²) in [6.07, 6.45) is 1.85. The summed E-state index contributed by atoms with van der Waals surface area (Å²) in [5, 5.41) is 3.27. The van der Waals surface area contributed by atoms with Crippen LogP contribution < -0.4 is 14.8 Å². The monoisotopic (exact) mass is 239 g/mol. The Balaban J connectivity index is 1.84. The van der Waals surface area contributed by atoms with E-state index in [1.165, 1.54) is 0 Å². The van der Waals surface area contributed by atoms with Crippen LogP contribution in [0.15, 0.2) is 12.3 Å². The highest BCUT2D eigenvalue weighted by Gasteiger charge is 2.19. The predicted octanol–water partition coefficient (Wildman–Crippen LogP) is 0.241. The Morgan fingerprint density at radius 3 is 3.18 bits per heavy atom. The molecule has 1 aromatic heterocycles. The van der Waals surface area contributed by atoms with E-state index in [0.717, 1.165) is 13.1 Å². The van der Waals surface area contributed by atoms with E-state index in [9.17, 15) is 0 Å². The molecular formula is C11H17N3O3. The number of rotatable bonds is 4. The molecule has 0 aromatic carbocycles. The van der Waals surface area contributed by atoms with Crippen LogP contribution in [-0.4, -0.2) is 49.0 Å². The third kappa shape index (κ3) is 3.54. The molecule has 0 amide bonds. The van der Waals surface area contributed by atoms with E-state index in [1.807, 2.05) is 6.92 Å². The molecule has 2 unspecified atom stereocenters. The molecule has 1 fully saturated rings. The maximum atomic E-state index is 5.69. The Morgan fingerprint density at radius 2 is 2.41 bits per heavy atom. The minimum Gasteiger partial charge on any atom is -0.481 e. The fraction of sp³-hybridized carbons (Fsp3) is 0.636. The summed E-state index contributed by atoms with van der Waals surface area (Å²) < 4.78 is 16.1. The van der Waals surface area contributed by atoms with Gasteiger partial charge in [-0.3, -0.25) is 0 Å². The van der Waals surface area contributed by atoms with Crippen molar-refractivity contribution in [2.24, 2.45) is 0 Å². The van der Waals surface area contributed by atoms with Crippen LogP contribution in [0, 0.1) is 0 Å². The molecule has 1 N–H and O–H groups in total. The SMILES string of the molecule is COc1ccnc(OCC2CNCC(C)O2)n1. The molecule has 94 valence electrons. The van der Waals surface area contributed by atoms with Gasteiger partial charge < -0.3 is 19.5 Å². The summed E-state index contributed by atoms with van der Waals surface area (Å²) >= 11 is 0. The number of aromatic nitrogens is 2. The summed E-state index contributed by atoms with van der Waals surface area (Å²) in [6, 6.07) is 1.99. The highest BCUT2D eigenvalue weighted by Crippen LogP contribution is 2.10. The normalized spacial score (nSPS) is 24.4. The summed E-state index contributed by atoms with van der Waals surface area (Å²) in [5.41, 5.74) is 0. The molecule has 1 aliphatic rings. The number of morpholine rings is 1. The van der Waals surface area contributed by atoms with Gasteiger partial charge in [0.05, 0.1) is 13.2 Å². The standard InChI is InChI=1S/C11H17N3O3/c1-8-5-12-6-9(17-8)7-16-11-13-4-3-10(14-11)15-2/h3-4,8-9,12H,5-7H2,1-2H3. The van der Waals surface area contributed by atoms with Crippen molar-refractivity contribution >= 4 is 0 Å². The Morgan fingerprint density at radius 1 is 1.53 bits per heavy atom. The van der Waals surface area contributed by atoms with Crippen LogP contribution in [0.25, 0.3) is 0 Å². The number of nitrogens with one attached hydrogen (secondary N) is 1. The summed E-state index contributed by atoms with van der Waals surface area (Å²) in [4.78, 5) is 8.06. The molecule has 0 bridgehead atoms. The van der Waals surface area contributed by atoms with Gasteiger partial charge in [-0.05, 0) is 6.92 Å². The quantitative estimate of drug-likeness (QED) is 0.812. The zero-order chi connectivity index (χ0) is 12.1. The first-order chi connectivity index (χ1) is 8.28. The maximum absolute atomic E-state index is 5.69. The first kappa shape index (κ1) is 12.1. The van der Waals surface area contributed by atoms with Gasteiger partial charge in [-0.25, -0.2) is 4.98 Å². The number of hydrogen-bond donors (Lipinski definition) is 1. The molecule has 0 aliphatic carbocycles. The lowest BCUT2D eigenvalue weighted by Crippen LogP contribution is -2.45. The zero-order valence-electron chi connectivity index (χ0n) is 10.0. The number of hydrogen-bond acceptors (Lipinski definition) is 6. The summed E-state index contributed by atoms with van der Waals surface area (Å²) in [6.45, 7) is 4.13. The van der Waals surface area contributed by atoms with Crippen molar-refractivity contribution < 1.29 is 14.2 Å². The molecule has 0 radical (unpaired) electrons. The van der Waals surface area contributed by atoms with Gasteiger partial charge in [-0.15, -0.1) is 0 Å². The first-order valence-corrected chi connectivity index (χ1v) is 5.64. The number of methoxy groups -OCH3 is 1. The maximum Gasteiger partial charge on any atom is 0.319 e. The molecule has 6 heteroatoms. The van der Waals surface area contributed by atoms with Crippen LogP contribution >= 0.6 is 0 Å². The third-order valence-electron chi connectivity index (χ3n) is 2.44. The molecule has 1 aliphatic heterocycles. The van der Waals surface area contributed by atoms with Crippen LogP contribution in [0.4, 0.5) is 0 Å². The largest absolute Gasteiger partial charge is 0.481 e. The van der Waals surface area contributed by atoms with Gasteiger partial charge >= 0.3 is 6.01 Å². The summed E-state index contributed by atoms with van der Waals surface area (Å²) in [7, 11) is 1.56. The molecule has 2 atom stereocenters. The smallest absolute Gasteiger partial charge is 0.319 e. The van der Waals surface area contributed by atoms with Crippen molar-refractivity contribution in [3.63, 3.8) is 0 Å². The van der Waals surface area contributed by atoms with Gasteiger partial charge in [0, 0.05) is 25.4 Å². The number of ether oxygens (including phenoxy) is 3. The zero-order valence-corrected chi connectivity index (χ0v) is 10.0. The highest BCUT2D eigenvalue weighted by atomic mass is 16.5. The van der Waals surface area contributed by atoms with Gasteiger partial charge in [0.1, 0.15) is 12.7 Å². The highest BCUT2D eigenvalue weighted by molar-refractivity contribution is 5.10. The van der Waals surface area contributed by atoms with Crippen LogP contribution in [0.1, 0.15) is 6.92 Å². The molecule has 2 rings (SSSR count). The Bertz CT molecular complexity index is 362. The molecule has 2 heterocycles. The van der Waals surface area contributed by atoms with E-state index in [4.69, 9.17) is 14.2 Å². The molecule has 1 aromatic rings. The van der Waals surface area contributed by atoms with Gasteiger partial charge in [-0.2, -0.15) is 4.98 Å². The average Bonchev–Trinajstić information content (AvgIpc) is 2.37. The van der Waals surface area contributed by atoms with Crippen LogP contribution in [0.2, 0.25) is 0 Å². The van der Waals surface area contributed by atoms with Gasteiger partial charge in [0.15, 0.2) is 0 Å². The van der Waals surface area contributed by atoms with Gasteiger partial charge in [0.2, 0.25) is 5.88 Å². The molecular weight excluding hydrogens is 222 g/mol. The molecule has 17 heavy (non-hydrogen) atoms. The lowest BCUT2D eigenvalue weighted by Gasteiger charge is -2.28. The van der Waals surface area contributed by atoms with E-state index in [-0.39, 0.29) is 12.2 Å². The number of nitrogens with zero attached hydrogens (tertiary/aromatic N) is 2. The second-order valence-electron chi connectivity index (χ2n) is 3.92. The minimum atomic E-state index is 0.0357. The van der Waals surface area contributed by atoms with E-state index in [0.29, 0.717) is 18.5 Å². The fourth-order valence-electron chi connectivity index (χ4n) is 1.65. The van der Waals surface area contributed by atoms with Crippen molar-refractivity contribution in [3.8, 4) is 11.9 Å². The van der Waals surface area contributed by atoms with Crippen molar-refractivity contribution in [1.82, 2.24) is 15.3 Å². The van der Waals surface area contributed by atoms with E-state index < -0.39 is 0 Å². The first-order valence-electron chi connectivity index (χ1n) is 5.64. The average molecular weight is 239 g/mol. The Labute approximate surface area is 100 Å². The Kier molecular flexibility index (Phi) is 4.11. The van der Waals surface area contributed by atoms with Crippen molar-refractivity contribution in [2.45, 2.75) is 19.1 Å². The van der Waals surface area contributed by atoms with Gasteiger partial charge in [-0.1, -0.05) is 0 Å². The van der Waals surface area contributed by atoms with E-state index in [2.05, 4.69) is 15.3 Å². The second-order valence-corrected chi connectivity index (χ2v) is 3.92. The third-order valence-corrected chi connectivity index (χ3v) is 2.44. The van der Waals surface area contributed by atoms with Gasteiger partial charge in [0.25, 0.3) is 0 Å². The van der Waals surface area contributed by atoms with Crippen LogP contribution in [0.3, 0.4) is 0 Å². The van der Waals surface area contributed by atoms with Crippen molar-refractivity contribution in [1.29, 1.82) is 0 Å². The molecule has 0 spiro atoms. The second kappa shape index (κ2) is 5.79. The van der Waals surface area contributed by atoms with E-state index in [1.54, 1.807) is 19.4 Å². The predicted molar refractivity (Wildman–Crippen MR) is 61.3 cm³/mol. The van der Waals surface area contributed by atoms with Crippen LogP contribution in [-0.2, 0) is 4.74 Å². The lowest BCUT2D eigenvalue weighted by molar-refractivity contribution is -0.0484. The fourth-order valence-corrected chi connectivity index (χ4v) is 1.65. The van der Waals surface area contributed by atoms with Crippen molar-refractivity contribution in [3.05, 3.63) is 12.3 Å². The summed E-state index contributed by atoms with van der Waals surface area (Å²) in [5.74, 6) is 0.492. The minimum absolute atomic E-state index is 0.0357. The molecule has 6 nitrogen and oxygen atoms in total. The molecule has 0 saturated carbocycles.